The van der Waals surface area contributed by atoms with Crippen molar-refractivity contribution in [1.29, 1.82) is 0 Å². The number of amides is 1. The molecule has 0 spiro atoms. The summed E-state index contributed by atoms with van der Waals surface area (Å²) in [5.74, 6) is -1.13. The highest BCUT2D eigenvalue weighted by atomic mass is 16.5. The van der Waals surface area contributed by atoms with Gasteiger partial charge in [0.2, 0.25) is 5.78 Å². The number of rotatable bonds is 6. The van der Waals surface area contributed by atoms with Crippen LogP contribution in [0.3, 0.4) is 0 Å². The first kappa shape index (κ1) is 21.5. The average Bonchev–Trinajstić information content (AvgIpc) is 3.43. The average molecular weight is 453 g/mol. The van der Waals surface area contributed by atoms with Crippen molar-refractivity contribution in [3.05, 3.63) is 107 Å². The van der Waals surface area contributed by atoms with Gasteiger partial charge in [-0.1, -0.05) is 49.4 Å². The Kier molecular flexibility index (Phi) is 5.42. The number of para-hydroxylation sites is 1. The number of fused-ring (bicyclic) bond motifs is 1. The lowest BCUT2D eigenvalue weighted by atomic mass is 9.94. The molecular weight excluding hydrogens is 430 g/mol. The molecule has 2 heterocycles. The maximum atomic E-state index is 13.7. The maximum absolute atomic E-state index is 13.7. The Balaban J connectivity index is 1.65. The molecule has 170 valence electrons. The predicted molar refractivity (Wildman–Crippen MR) is 129 cm³/mol. The van der Waals surface area contributed by atoms with Crippen LogP contribution in [0, 0.1) is 0 Å². The predicted octanol–water partition coefficient (Wildman–Crippen LogP) is 5.79. The monoisotopic (exact) mass is 453 g/mol. The standard InChI is InChI=1S/C28H23NO5/c1-3-17-11-13-20(14-12-17)29-25(19-8-6-9-21(15-19)33-2)24(27(31)28(29)32)26(30)23-16-18-7-4-5-10-22(18)34-23/h4-16,25,31H,3H2,1-2H3. The van der Waals surface area contributed by atoms with Crippen molar-refractivity contribution in [2.24, 2.45) is 0 Å². The Morgan fingerprint density at radius 3 is 2.50 bits per heavy atom. The van der Waals surface area contributed by atoms with Crippen LogP contribution < -0.4 is 9.64 Å². The van der Waals surface area contributed by atoms with E-state index in [4.69, 9.17) is 9.15 Å². The second kappa shape index (κ2) is 8.56. The lowest BCUT2D eigenvalue weighted by molar-refractivity contribution is -0.117. The first-order chi connectivity index (χ1) is 16.5. The van der Waals surface area contributed by atoms with Crippen molar-refractivity contribution in [3.63, 3.8) is 0 Å². The second-order valence-corrected chi connectivity index (χ2v) is 8.11. The highest BCUT2D eigenvalue weighted by Gasteiger charge is 2.45. The minimum Gasteiger partial charge on any atom is -0.503 e. The second-order valence-electron chi connectivity index (χ2n) is 8.11. The van der Waals surface area contributed by atoms with Crippen LogP contribution >= 0.6 is 0 Å². The third-order valence-corrected chi connectivity index (χ3v) is 6.13. The van der Waals surface area contributed by atoms with Crippen LogP contribution in [-0.4, -0.2) is 23.9 Å². The Morgan fingerprint density at radius 1 is 1.03 bits per heavy atom. The van der Waals surface area contributed by atoms with Crippen molar-refractivity contribution in [1.82, 2.24) is 0 Å². The van der Waals surface area contributed by atoms with Gasteiger partial charge in [-0.25, -0.2) is 0 Å². The SMILES string of the molecule is CCc1ccc(N2C(=O)C(O)=C(C(=O)c3cc4ccccc4o3)C2c2cccc(OC)c2)cc1. The Morgan fingerprint density at radius 2 is 1.79 bits per heavy atom. The van der Waals surface area contributed by atoms with Gasteiger partial charge >= 0.3 is 0 Å². The van der Waals surface area contributed by atoms with Gasteiger partial charge < -0.3 is 14.3 Å². The molecule has 0 radical (unpaired) electrons. The molecule has 1 N–H and O–H groups in total. The van der Waals surface area contributed by atoms with Gasteiger partial charge in [-0.15, -0.1) is 0 Å². The number of aliphatic hydroxyl groups excluding tert-OH is 1. The zero-order chi connectivity index (χ0) is 23.8. The molecule has 1 unspecified atom stereocenters. The molecule has 0 bridgehead atoms. The van der Waals surface area contributed by atoms with Crippen LogP contribution in [0.25, 0.3) is 11.0 Å². The molecule has 0 fully saturated rings. The normalized spacial score (nSPS) is 15.9. The third kappa shape index (κ3) is 3.53. The molecule has 1 aliphatic rings. The van der Waals surface area contributed by atoms with Gasteiger partial charge in [0.25, 0.3) is 5.91 Å². The molecule has 0 saturated carbocycles. The van der Waals surface area contributed by atoms with E-state index < -0.39 is 23.5 Å². The van der Waals surface area contributed by atoms with Gasteiger partial charge in [-0.05, 0) is 53.9 Å². The van der Waals surface area contributed by atoms with E-state index in [2.05, 4.69) is 0 Å². The minimum atomic E-state index is -0.851. The van der Waals surface area contributed by atoms with Crippen molar-refractivity contribution in [2.45, 2.75) is 19.4 Å². The van der Waals surface area contributed by atoms with Crippen molar-refractivity contribution < 1.29 is 23.8 Å². The van der Waals surface area contributed by atoms with Gasteiger partial charge in [0.05, 0.1) is 18.7 Å². The molecule has 3 aromatic carbocycles. The van der Waals surface area contributed by atoms with Gasteiger partial charge in [0.15, 0.2) is 11.5 Å². The summed E-state index contributed by atoms with van der Waals surface area (Å²) in [7, 11) is 1.55. The number of Topliss-reactive ketones (excluding diaryl/α,β-unsaturated/α-hetero) is 1. The molecule has 0 aliphatic carbocycles. The quantitative estimate of drug-likeness (QED) is 0.374. The van der Waals surface area contributed by atoms with E-state index in [9.17, 15) is 14.7 Å². The number of nitrogens with zero attached hydrogens (tertiary/aromatic N) is 1. The summed E-state index contributed by atoms with van der Waals surface area (Å²) >= 11 is 0. The van der Waals surface area contributed by atoms with Crippen LogP contribution in [-0.2, 0) is 11.2 Å². The number of hydrogen-bond acceptors (Lipinski definition) is 5. The number of anilines is 1. The van der Waals surface area contributed by atoms with E-state index in [-0.39, 0.29) is 11.3 Å². The molecule has 6 nitrogen and oxygen atoms in total. The molecule has 1 aliphatic heterocycles. The lowest BCUT2D eigenvalue weighted by Crippen LogP contribution is -2.31. The fourth-order valence-corrected chi connectivity index (χ4v) is 4.35. The molecule has 5 rings (SSSR count). The van der Waals surface area contributed by atoms with E-state index in [1.54, 1.807) is 43.5 Å². The number of hydrogen-bond donors (Lipinski definition) is 1. The van der Waals surface area contributed by atoms with E-state index in [1.807, 2.05) is 49.4 Å². The number of carbonyl (C=O) groups is 2. The van der Waals surface area contributed by atoms with E-state index in [0.29, 0.717) is 22.6 Å². The van der Waals surface area contributed by atoms with Crippen LogP contribution in [0.15, 0.2) is 94.6 Å². The first-order valence-corrected chi connectivity index (χ1v) is 11.0. The van der Waals surface area contributed by atoms with Gasteiger partial charge in [0, 0.05) is 11.1 Å². The van der Waals surface area contributed by atoms with E-state index >= 15 is 0 Å². The Hall–Kier alpha value is -4.32. The Labute approximate surface area is 196 Å². The van der Waals surface area contributed by atoms with Crippen molar-refractivity contribution in [2.75, 3.05) is 12.0 Å². The van der Waals surface area contributed by atoms with Gasteiger partial charge in [-0.2, -0.15) is 0 Å². The molecule has 1 aromatic heterocycles. The Bertz CT molecular complexity index is 1400. The summed E-state index contributed by atoms with van der Waals surface area (Å²) in [6.07, 6.45) is 0.854. The summed E-state index contributed by atoms with van der Waals surface area (Å²) in [4.78, 5) is 28.4. The number of aliphatic hydroxyl groups is 1. The summed E-state index contributed by atoms with van der Waals surface area (Å²) in [5, 5.41) is 11.7. The topological polar surface area (TPSA) is 80.0 Å². The van der Waals surface area contributed by atoms with Crippen molar-refractivity contribution in [3.8, 4) is 5.75 Å². The largest absolute Gasteiger partial charge is 0.503 e. The number of furan rings is 1. The number of ether oxygens (including phenoxy) is 1. The zero-order valence-corrected chi connectivity index (χ0v) is 18.8. The first-order valence-electron chi connectivity index (χ1n) is 11.0. The van der Waals surface area contributed by atoms with E-state index in [1.165, 1.54) is 4.90 Å². The summed E-state index contributed by atoms with van der Waals surface area (Å²) in [6.45, 7) is 2.05. The maximum Gasteiger partial charge on any atom is 0.294 e. The number of methoxy groups -OCH3 is 1. The molecule has 1 atom stereocenters. The number of ketones is 1. The molecule has 6 heteroatoms. The molecular formula is C28H23NO5. The molecule has 4 aromatic rings. The van der Waals surface area contributed by atoms with Crippen LogP contribution in [0.4, 0.5) is 5.69 Å². The highest BCUT2D eigenvalue weighted by Crippen LogP contribution is 2.43. The minimum absolute atomic E-state index is 0.0307. The molecule has 34 heavy (non-hydrogen) atoms. The van der Waals surface area contributed by atoms with Gasteiger partial charge in [0.1, 0.15) is 11.3 Å². The number of carbonyl (C=O) groups excluding carboxylic acids is 2. The lowest BCUT2D eigenvalue weighted by Gasteiger charge is -2.27. The zero-order valence-electron chi connectivity index (χ0n) is 18.8. The fourth-order valence-electron chi connectivity index (χ4n) is 4.35. The number of aryl methyl sites for hydroxylation is 1. The van der Waals surface area contributed by atoms with Crippen LogP contribution in [0.2, 0.25) is 0 Å². The summed E-state index contributed by atoms with van der Waals surface area (Å²) < 4.78 is 11.2. The highest BCUT2D eigenvalue weighted by molar-refractivity contribution is 6.20. The fraction of sp³-hybridized carbons (Fsp3) is 0.143. The summed E-state index contributed by atoms with van der Waals surface area (Å²) in [5.41, 5.74) is 2.85. The van der Waals surface area contributed by atoms with Crippen LogP contribution in [0.1, 0.15) is 34.6 Å². The molecule has 0 saturated heterocycles. The third-order valence-electron chi connectivity index (χ3n) is 6.13. The molecule has 1 amide bonds. The smallest absolute Gasteiger partial charge is 0.294 e. The van der Waals surface area contributed by atoms with E-state index in [0.717, 1.165) is 17.4 Å². The van der Waals surface area contributed by atoms with Crippen LogP contribution in [0.5, 0.6) is 5.75 Å². The number of benzene rings is 3. The van der Waals surface area contributed by atoms with Crippen molar-refractivity contribution >= 4 is 28.3 Å². The van der Waals surface area contributed by atoms with Gasteiger partial charge in [-0.3, -0.25) is 14.5 Å². The summed E-state index contributed by atoms with van der Waals surface area (Å²) in [6, 6.07) is 22.7.